The highest BCUT2D eigenvalue weighted by Crippen LogP contribution is 2.25. The standard InChI is InChI=1S/C16H25N3O/c1-13(20)18-12-14-7-9-19(10-8-14)16(11-17)15-5-3-2-4-6-15/h2-6,14,16H,7-12,17H2,1H3,(H,18,20). The largest absolute Gasteiger partial charge is 0.356 e. The molecule has 110 valence electrons. The van der Waals surface area contributed by atoms with Crippen molar-refractivity contribution < 1.29 is 4.79 Å². The van der Waals surface area contributed by atoms with E-state index in [-0.39, 0.29) is 5.91 Å². The van der Waals surface area contributed by atoms with Crippen LogP contribution < -0.4 is 11.1 Å². The van der Waals surface area contributed by atoms with Gasteiger partial charge < -0.3 is 11.1 Å². The molecular weight excluding hydrogens is 250 g/mol. The van der Waals surface area contributed by atoms with Gasteiger partial charge in [-0.2, -0.15) is 0 Å². The molecule has 4 heteroatoms. The van der Waals surface area contributed by atoms with Crippen molar-refractivity contribution in [2.24, 2.45) is 11.7 Å². The minimum atomic E-state index is 0.0662. The molecule has 0 aliphatic carbocycles. The van der Waals surface area contributed by atoms with E-state index in [2.05, 4.69) is 34.5 Å². The first kappa shape index (κ1) is 15.0. The van der Waals surface area contributed by atoms with Gasteiger partial charge in [-0.3, -0.25) is 9.69 Å². The first-order chi connectivity index (χ1) is 9.70. The number of hydrogen-bond acceptors (Lipinski definition) is 3. The Morgan fingerprint density at radius 1 is 1.35 bits per heavy atom. The van der Waals surface area contributed by atoms with Crippen LogP contribution in [0, 0.1) is 5.92 Å². The van der Waals surface area contributed by atoms with Gasteiger partial charge in [-0.25, -0.2) is 0 Å². The van der Waals surface area contributed by atoms with Gasteiger partial charge in [0.25, 0.3) is 0 Å². The lowest BCUT2D eigenvalue weighted by Crippen LogP contribution is -2.42. The second-order valence-corrected chi connectivity index (χ2v) is 5.58. The first-order valence-corrected chi connectivity index (χ1v) is 7.44. The summed E-state index contributed by atoms with van der Waals surface area (Å²) in [5.74, 6) is 0.667. The maximum atomic E-state index is 11.0. The maximum absolute atomic E-state index is 11.0. The van der Waals surface area contributed by atoms with E-state index in [0.717, 1.165) is 32.5 Å². The van der Waals surface area contributed by atoms with E-state index >= 15 is 0 Å². The topological polar surface area (TPSA) is 58.4 Å². The summed E-state index contributed by atoms with van der Waals surface area (Å²) in [5, 5.41) is 2.92. The van der Waals surface area contributed by atoms with Crippen LogP contribution in [0.4, 0.5) is 0 Å². The van der Waals surface area contributed by atoms with Crippen LogP contribution in [0.25, 0.3) is 0 Å². The minimum absolute atomic E-state index is 0.0662. The Morgan fingerprint density at radius 2 is 2.00 bits per heavy atom. The molecule has 1 amide bonds. The van der Waals surface area contributed by atoms with Crippen LogP contribution in [-0.2, 0) is 4.79 Å². The molecule has 1 aromatic rings. The molecule has 1 aromatic carbocycles. The number of carbonyl (C=O) groups excluding carboxylic acids is 1. The van der Waals surface area contributed by atoms with E-state index in [1.54, 1.807) is 6.92 Å². The average molecular weight is 275 g/mol. The molecule has 1 fully saturated rings. The SMILES string of the molecule is CC(=O)NCC1CCN(C(CN)c2ccccc2)CC1. The molecule has 1 unspecified atom stereocenters. The van der Waals surface area contributed by atoms with Crippen molar-refractivity contribution in [3.8, 4) is 0 Å². The fraction of sp³-hybridized carbons (Fsp3) is 0.562. The van der Waals surface area contributed by atoms with Gasteiger partial charge in [0.15, 0.2) is 0 Å². The quantitative estimate of drug-likeness (QED) is 0.857. The Labute approximate surface area is 121 Å². The molecule has 20 heavy (non-hydrogen) atoms. The van der Waals surface area contributed by atoms with Crippen LogP contribution in [0.3, 0.4) is 0 Å². The number of piperidine rings is 1. The number of likely N-dealkylation sites (tertiary alicyclic amines) is 1. The molecule has 1 atom stereocenters. The molecule has 3 N–H and O–H groups in total. The summed E-state index contributed by atoms with van der Waals surface area (Å²) < 4.78 is 0. The molecule has 2 rings (SSSR count). The summed E-state index contributed by atoms with van der Waals surface area (Å²) in [5.41, 5.74) is 7.27. The van der Waals surface area contributed by atoms with Crippen LogP contribution in [-0.4, -0.2) is 37.0 Å². The molecule has 1 saturated heterocycles. The Bertz CT molecular complexity index is 413. The molecule has 0 saturated carbocycles. The van der Waals surface area contributed by atoms with Crippen LogP contribution in [0.1, 0.15) is 31.4 Å². The minimum Gasteiger partial charge on any atom is -0.356 e. The number of hydrogen-bond donors (Lipinski definition) is 2. The van der Waals surface area contributed by atoms with Gasteiger partial charge in [-0.1, -0.05) is 30.3 Å². The fourth-order valence-electron chi connectivity index (χ4n) is 2.93. The van der Waals surface area contributed by atoms with Crippen LogP contribution in [0.15, 0.2) is 30.3 Å². The maximum Gasteiger partial charge on any atom is 0.216 e. The smallest absolute Gasteiger partial charge is 0.216 e. The monoisotopic (exact) mass is 275 g/mol. The van der Waals surface area contributed by atoms with Crippen molar-refractivity contribution in [2.45, 2.75) is 25.8 Å². The van der Waals surface area contributed by atoms with E-state index in [9.17, 15) is 4.79 Å². The first-order valence-electron chi connectivity index (χ1n) is 7.44. The number of rotatable bonds is 5. The van der Waals surface area contributed by atoms with Gasteiger partial charge in [0.1, 0.15) is 0 Å². The Kier molecular flexibility index (Phi) is 5.56. The van der Waals surface area contributed by atoms with E-state index < -0.39 is 0 Å². The van der Waals surface area contributed by atoms with Crippen molar-refractivity contribution in [1.29, 1.82) is 0 Å². The lowest BCUT2D eigenvalue weighted by Gasteiger charge is -2.37. The van der Waals surface area contributed by atoms with E-state index in [1.165, 1.54) is 5.56 Å². The Balaban J connectivity index is 1.87. The summed E-state index contributed by atoms with van der Waals surface area (Å²) >= 11 is 0. The van der Waals surface area contributed by atoms with Gasteiger partial charge >= 0.3 is 0 Å². The van der Waals surface area contributed by atoms with Gasteiger partial charge in [-0.15, -0.1) is 0 Å². The predicted octanol–water partition coefficient (Wildman–Crippen LogP) is 1.53. The molecule has 1 aliphatic rings. The lowest BCUT2D eigenvalue weighted by molar-refractivity contribution is -0.119. The normalized spacial score (nSPS) is 18.7. The Morgan fingerprint density at radius 3 is 2.55 bits per heavy atom. The third kappa shape index (κ3) is 4.05. The van der Waals surface area contributed by atoms with Gasteiger partial charge in [0.2, 0.25) is 5.91 Å². The highest BCUT2D eigenvalue weighted by Gasteiger charge is 2.25. The van der Waals surface area contributed by atoms with Crippen LogP contribution in [0.5, 0.6) is 0 Å². The number of nitrogens with one attached hydrogen (secondary N) is 1. The van der Waals surface area contributed by atoms with Crippen molar-refractivity contribution in [3.05, 3.63) is 35.9 Å². The average Bonchev–Trinajstić information content (AvgIpc) is 2.48. The molecular formula is C16H25N3O. The fourth-order valence-corrected chi connectivity index (χ4v) is 2.93. The van der Waals surface area contributed by atoms with Crippen molar-refractivity contribution in [3.63, 3.8) is 0 Å². The highest BCUT2D eigenvalue weighted by atomic mass is 16.1. The van der Waals surface area contributed by atoms with Gasteiger partial charge in [0, 0.05) is 26.1 Å². The number of benzene rings is 1. The summed E-state index contributed by atoms with van der Waals surface area (Å²) in [7, 11) is 0. The number of amides is 1. The van der Waals surface area contributed by atoms with E-state index in [1.807, 2.05) is 6.07 Å². The second-order valence-electron chi connectivity index (χ2n) is 5.58. The number of nitrogens with zero attached hydrogens (tertiary/aromatic N) is 1. The zero-order valence-electron chi connectivity index (χ0n) is 12.2. The molecule has 0 aromatic heterocycles. The van der Waals surface area contributed by atoms with Crippen molar-refractivity contribution in [2.75, 3.05) is 26.2 Å². The summed E-state index contributed by atoms with van der Waals surface area (Å²) in [6.07, 6.45) is 2.26. The lowest BCUT2D eigenvalue weighted by atomic mass is 9.94. The van der Waals surface area contributed by atoms with Crippen LogP contribution in [0.2, 0.25) is 0 Å². The number of nitrogens with two attached hydrogens (primary N) is 1. The zero-order valence-corrected chi connectivity index (χ0v) is 12.2. The predicted molar refractivity (Wildman–Crippen MR) is 81.2 cm³/mol. The molecule has 1 aliphatic heterocycles. The van der Waals surface area contributed by atoms with Crippen LogP contribution >= 0.6 is 0 Å². The van der Waals surface area contributed by atoms with Gasteiger partial charge in [0.05, 0.1) is 0 Å². The zero-order chi connectivity index (χ0) is 14.4. The van der Waals surface area contributed by atoms with E-state index in [0.29, 0.717) is 18.5 Å². The summed E-state index contributed by atoms with van der Waals surface area (Å²) in [6.45, 7) is 5.15. The molecule has 0 radical (unpaired) electrons. The Hall–Kier alpha value is -1.39. The molecule has 0 spiro atoms. The molecule has 1 heterocycles. The van der Waals surface area contributed by atoms with Crippen molar-refractivity contribution in [1.82, 2.24) is 10.2 Å². The third-order valence-corrected chi connectivity index (χ3v) is 4.14. The molecule has 4 nitrogen and oxygen atoms in total. The second kappa shape index (κ2) is 7.41. The number of carbonyl (C=O) groups is 1. The van der Waals surface area contributed by atoms with Crippen molar-refractivity contribution >= 4 is 5.91 Å². The summed E-state index contributed by atoms with van der Waals surface area (Å²) in [4.78, 5) is 13.4. The molecule has 0 bridgehead atoms. The highest BCUT2D eigenvalue weighted by molar-refractivity contribution is 5.72. The van der Waals surface area contributed by atoms with E-state index in [4.69, 9.17) is 5.73 Å². The van der Waals surface area contributed by atoms with Gasteiger partial charge in [-0.05, 0) is 37.4 Å². The summed E-state index contributed by atoms with van der Waals surface area (Å²) in [6, 6.07) is 10.8. The third-order valence-electron chi connectivity index (χ3n) is 4.14.